The van der Waals surface area contributed by atoms with E-state index in [1.165, 1.54) is 18.7 Å². The highest BCUT2D eigenvalue weighted by Gasteiger charge is 2.16. The Hall–Kier alpha value is -2.38. The fourth-order valence-corrected chi connectivity index (χ4v) is 3.63. The van der Waals surface area contributed by atoms with Gasteiger partial charge in [0.25, 0.3) is 0 Å². The lowest BCUT2D eigenvalue weighted by Gasteiger charge is -2.20. The molecular weight excluding hydrogens is 388 g/mol. The molecule has 1 heterocycles. The minimum atomic E-state index is -0.160. The van der Waals surface area contributed by atoms with E-state index in [0.29, 0.717) is 46.9 Å². The number of ether oxygens (including phenoxy) is 2. The van der Waals surface area contributed by atoms with E-state index in [9.17, 15) is 9.59 Å². The van der Waals surface area contributed by atoms with Gasteiger partial charge in [0.15, 0.2) is 11.5 Å². The van der Waals surface area contributed by atoms with Gasteiger partial charge < -0.3 is 20.1 Å². The molecule has 1 aliphatic rings. The zero-order valence-electron chi connectivity index (χ0n) is 14.7. The molecule has 0 atom stereocenters. The van der Waals surface area contributed by atoms with Gasteiger partial charge in [-0.05, 0) is 35.9 Å². The maximum Gasteiger partial charge on any atom is 0.234 e. The monoisotopic (exact) mass is 406 g/mol. The van der Waals surface area contributed by atoms with Gasteiger partial charge in [0.05, 0.1) is 10.8 Å². The molecule has 0 unspecified atom stereocenters. The predicted molar refractivity (Wildman–Crippen MR) is 108 cm³/mol. The second kappa shape index (κ2) is 9.01. The predicted octanol–water partition coefficient (Wildman–Crippen LogP) is 3.94. The summed E-state index contributed by atoms with van der Waals surface area (Å²) in [5.41, 5.74) is 2.24. The number of anilines is 2. The van der Waals surface area contributed by atoms with E-state index in [1.807, 2.05) is 12.1 Å². The number of hydrogen-bond donors (Lipinski definition) is 2. The van der Waals surface area contributed by atoms with Crippen molar-refractivity contribution in [2.45, 2.75) is 12.7 Å². The zero-order valence-corrected chi connectivity index (χ0v) is 16.3. The van der Waals surface area contributed by atoms with E-state index < -0.39 is 0 Å². The third-order valence-corrected chi connectivity index (χ3v) is 4.91. The maximum absolute atomic E-state index is 12.1. The second-order valence-electron chi connectivity index (χ2n) is 5.90. The number of fused-ring (bicyclic) bond motifs is 1. The standard InChI is InChI=1S/C19H19ClN2O4S/c1-12(23)21-14-3-2-4-15(9-14)22-18(24)11-27-10-13-7-16(20)19-17(8-13)25-5-6-26-19/h2-4,7-9H,5-6,10-11H2,1H3,(H,21,23)(H,22,24). The number of carbonyl (C=O) groups is 2. The topological polar surface area (TPSA) is 76.7 Å². The van der Waals surface area contributed by atoms with Crippen molar-refractivity contribution < 1.29 is 19.1 Å². The molecule has 1 aliphatic heterocycles. The number of halogens is 1. The molecule has 2 aromatic carbocycles. The van der Waals surface area contributed by atoms with Crippen molar-refractivity contribution in [2.24, 2.45) is 0 Å². The van der Waals surface area contributed by atoms with Crippen molar-refractivity contribution in [3.63, 3.8) is 0 Å². The molecule has 0 saturated heterocycles. The number of thioether (sulfide) groups is 1. The van der Waals surface area contributed by atoms with E-state index >= 15 is 0 Å². The fraction of sp³-hybridized carbons (Fsp3) is 0.263. The smallest absolute Gasteiger partial charge is 0.234 e. The van der Waals surface area contributed by atoms with Crippen LogP contribution in [0.4, 0.5) is 11.4 Å². The summed E-state index contributed by atoms with van der Waals surface area (Å²) in [5, 5.41) is 6.02. The molecule has 0 bridgehead atoms. The Balaban J connectivity index is 1.51. The molecule has 2 N–H and O–H groups in total. The van der Waals surface area contributed by atoms with Crippen LogP contribution in [0.2, 0.25) is 5.02 Å². The van der Waals surface area contributed by atoms with Crippen molar-refractivity contribution in [1.29, 1.82) is 0 Å². The largest absolute Gasteiger partial charge is 0.486 e. The average Bonchev–Trinajstić information content (AvgIpc) is 2.61. The van der Waals surface area contributed by atoms with E-state index in [1.54, 1.807) is 24.3 Å². The third-order valence-electron chi connectivity index (χ3n) is 3.63. The SMILES string of the molecule is CC(=O)Nc1cccc(NC(=O)CSCc2cc(Cl)c3c(c2)OCCO3)c1. The lowest BCUT2D eigenvalue weighted by molar-refractivity contribution is -0.114. The molecule has 0 fully saturated rings. The summed E-state index contributed by atoms with van der Waals surface area (Å²) in [4.78, 5) is 23.3. The molecule has 142 valence electrons. The van der Waals surface area contributed by atoms with Gasteiger partial charge in [0.2, 0.25) is 11.8 Å². The fourth-order valence-electron chi connectivity index (χ4n) is 2.58. The molecule has 27 heavy (non-hydrogen) atoms. The highest BCUT2D eigenvalue weighted by molar-refractivity contribution is 7.99. The molecular formula is C19H19ClN2O4S. The van der Waals surface area contributed by atoms with Crippen LogP contribution in [0.25, 0.3) is 0 Å². The molecule has 0 saturated carbocycles. The van der Waals surface area contributed by atoms with Crippen LogP contribution < -0.4 is 20.1 Å². The number of hydrogen-bond acceptors (Lipinski definition) is 5. The van der Waals surface area contributed by atoms with Crippen LogP contribution in [0, 0.1) is 0 Å². The Labute approximate surface area is 166 Å². The summed E-state index contributed by atoms with van der Waals surface area (Å²) in [7, 11) is 0. The first-order chi connectivity index (χ1) is 13.0. The summed E-state index contributed by atoms with van der Waals surface area (Å²) in [6, 6.07) is 10.7. The number of rotatable bonds is 6. The van der Waals surface area contributed by atoms with Crippen molar-refractivity contribution >= 4 is 46.6 Å². The van der Waals surface area contributed by atoms with Crippen LogP contribution in [0.15, 0.2) is 36.4 Å². The molecule has 8 heteroatoms. The lowest BCUT2D eigenvalue weighted by atomic mass is 10.2. The molecule has 3 rings (SSSR count). The van der Waals surface area contributed by atoms with Crippen molar-refractivity contribution in [3.05, 3.63) is 47.0 Å². The molecule has 0 aliphatic carbocycles. The molecule has 2 aromatic rings. The van der Waals surface area contributed by atoms with Crippen molar-refractivity contribution in [3.8, 4) is 11.5 Å². The van der Waals surface area contributed by atoms with Crippen LogP contribution in [0.5, 0.6) is 11.5 Å². The first kappa shape index (κ1) is 19.4. The van der Waals surface area contributed by atoms with Gasteiger partial charge >= 0.3 is 0 Å². The van der Waals surface area contributed by atoms with Gasteiger partial charge in [0.1, 0.15) is 13.2 Å². The number of carbonyl (C=O) groups excluding carboxylic acids is 2. The average molecular weight is 407 g/mol. The van der Waals surface area contributed by atoms with Crippen LogP contribution in [0.1, 0.15) is 12.5 Å². The van der Waals surface area contributed by atoms with Crippen molar-refractivity contribution in [2.75, 3.05) is 29.6 Å². The Kier molecular flexibility index (Phi) is 6.47. The first-order valence-electron chi connectivity index (χ1n) is 8.34. The van der Waals surface area contributed by atoms with Crippen molar-refractivity contribution in [1.82, 2.24) is 0 Å². The van der Waals surface area contributed by atoms with E-state index in [0.717, 1.165) is 5.56 Å². The van der Waals surface area contributed by atoms with Gasteiger partial charge in [-0.1, -0.05) is 17.7 Å². The normalized spacial score (nSPS) is 12.4. The molecule has 0 spiro atoms. The van der Waals surface area contributed by atoms with E-state index in [4.69, 9.17) is 21.1 Å². The van der Waals surface area contributed by atoms with Crippen LogP contribution in [-0.2, 0) is 15.3 Å². The Morgan fingerprint density at radius 2 is 1.85 bits per heavy atom. The molecule has 6 nitrogen and oxygen atoms in total. The van der Waals surface area contributed by atoms with Crippen LogP contribution in [-0.4, -0.2) is 30.8 Å². The zero-order chi connectivity index (χ0) is 19.2. The first-order valence-corrected chi connectivity index (χ1v) is 9.88. The minimum Gasteiger partial charge on any atom is -0.486 e. The van der Waals surface area contributed by atoms with Gasteiger partial charge in [-0.2, -0.15) is 0 Å². The number of amides is 2. The van der Waals surface area contributed by atoms with Gasteiger partial charge in [0, 0.05) is 24.1 Å². The molecule has 0 aromatic heterocycles. The van der Waals surface area contributed by atoms with Gasteiger partial charge in [-0.25, -0.2) is 0 Å². The Morgan fingerprint density at radius 1 is 1.11 bits per heavy atom. The Bertz CT molecular complexity index is 860. The minimum absolute atomic E-state index is 0.122. The summed E-state index contributed by atoms with van der Waals surface area (Å²) < 4.78 is 11.1. The highest BCUT2D eigenvalue weighted by atomic mass is 35.5. The summed E-state index contributed by atoms with van der Waals surface area (Å²) in [5.74, 6) is 1.85. The number of benzene rings is 2. The summed E-state index contributed by atoms with van der Waals surface area (Å²) in [6.07, 6.45) is 0. The highest BCUT2D eigenvalue weighted by Crippen LogP contribution is 2.39. The molecule has 0 radical (unpaired) electrons. The quantitative estimate of drug-likeness (QED) is 0.759. The van der Waals surface area contributed by atoms with Crippen LogP contribution >= 0.6 is 23.4 Å². The van der Waals surface area contributed by atoms with E-state index in [2.05, 4.69) is 10.6 Å². The molecule has 2 amide bonds. The van der Waals surface area contributed by atoms with E-state index in [-0.39, 0.29) is 17.6 Å². The number of nitrogens with one attached hydrogen (secondary N) is 2. The summed E-state index contributed by atoms with van der Waals surface area (Å²) in [6.45, 7) is 2.43. The summed E-state index contributed by atoms with van der Waals surface area (Å²) >= 11 is 7.69. The van der Waals surface area contributed by atoms with Gasteiger partial charge in [-0.15, -0.1) is 11.8 Å². The van der Waals surface area contributed by atoms with Crippen LogP contribution in [0.3, 0.4) is 0 Å². The van der Waals surface area contributed by atoms with Gasteiger partial charge in [-0.3, -0.25) is 9.59 Å². The Morgan fingerprint density at radius 3 is 2.63 bits per heavy atom. The lowest BCUT2D eigenvalue weighted by Crippen LogP contribution is -2.16. The maximum atomic E-state index is 12.1. The third kappa shape index (κ3) is 5.55. The second-order valence-corrected chi connectivity index (χ2v) is 7.30.